The van der Waals surface area contributed by atoms with Gasteiger partial charge in [0.05, 0.1) is 23.8 Å². The van der Waals surface area contributed by atoms with Crippen molar-refractivity contribution in [1.29, 1.82) is 0 Å². The lowest BCUT2D eigenvalue weighted by atomic mass is 10.1. The SMILES string of the molecule is CC(O)CNC(=O)c1ccc2c(c1)C(=O)N(Cc1ccccc1)C2=O. The molecule has 0 saturated heterocycles. The van der Waals surface area contributed by atoms with E-state index in [9.17, 15) is 19.5 Å². The fraction of sp³-hybridized carbons (Fsp3) is 0.211. The third-order valence-corrected chi connectivity index (χ3v) is 3.97. The van der Waals surface area contributed by atoms with E-state index in [0.29, 0.717) is 5.56 Å². The molecule has 25 heavy (non-hydrogen) atoms. The van der Waals surface area contributed by atoms with Gasteiger partial charge in [0.2, 0.25) is 0 Å². The molecule has 2 N–H and O–H groups in total. The molecule has 3 amide bonds. The Kier molecular flexibility index (Phi) is 4.63. The number of carbonyl (C=O) groups is 3. The lowest BCUT2D eigenvalue weighted by Crippen LogP contribution is -2.30. The molecule has 128 valence electrons. The average molecular weight is 338 g/mol. The molecule has 3 rings (SSSR count). The van der Waals surface area contributed by atoms with Crippen molar-refractivity contribution in [2.45, 2.75) is 19.6 Å². The monoisotopic (exact) mass is 338 g/mol. The van der Waals surface area contributed by atoms with Crippen LogP contribution in [0.3, 0.4) is 0 Å². The molecule has 0 aliphatic carbocycles. The molecule has 1 heterocycles. The summed E-state index contributed by atoms with van der Waals surface area (Å²) in [4.78, 5) is 38.3. The lowest BCUT2D eigenvalue weighted by molar-refractivity contribution is 0.0642. The highest BCUT2D eigenvalue weighted by Crippen LogP contribution is 2.25. The number of aliphatic hydroxyl groups is 1. The summed E-state index contributed by atoms with van der Waals surface area (Å²) in [6, 6.07) is 13.7. The standard InChI is InChI=1S/C19H18N2O4/c1-12(22)10-20-17(23)14-7-8-15-16(9-14)19(25)21(18(15)24)11-13-5-3-2-4-6-13/h2-9,12,22H,10-11H2,1H3,(H,20,23). The Morgan fingerprint density at radius 2 is 1.76 bits per heavy atom. The van der Waals surface area contributed by atoms with E-state index in [0.717, 1.165) is 5.56 Å². The van der Waals surface area contributed by atoms with Crippen LogP contribution in [0, 0.1) is 0 Å². The number of imide groups is 1. The zero-order valence-electron chi connectivity index (χ0n) is 13.7. The van der Waals surface area contributed by atoms with Gasteiger partial charge in [0.1, 0.15) is 0 Å². The van der Waals surface area contributed by atoms with Crippen molar-refractivity contribution in [3.63, 3.8) is 0 Å². The molecule has 0 radical (unpaired) electrons. The minimum Gasteiger partial charge on any atom is -0.392 e. The summed E-state index contributed by atoms with van der Waals surface area (Å²) in [6.07, 6.45) is -0.664. The topological polar surface area (TPSA) is 86.7 Å². The number of aliphatic hydroxyl groups excluding tert-OH is 1. The van der Waals surface area contributed by atoms with Crippen molar-refractivity contribution in [2.24, 2.45) is 0 Å². The van der Waals surface area contributed by atoms with Gasteiger partial charge in [-0.3, -0.25) is 19.3 Å². The molecule has 0 bridgehead atoms. The molecule has 2 aromatic rings. The number of rotatable bonds is 5. The molecule has 2 aromatic carbocycles. The highest BCUT2D eigenvalue weighted by Gasteiger charge is 2.35. The van der Waals surface area contributed by atoms with Crippen molar-refractivity contribution in [3.8, 4) is 0 Å². The summed E-state index contributed by atoms with van der Waals surface area (Å²) in [5, 5.41) is 11.8. The van der Waals surface area contributed by atoms with E-state index < -0.39 is 17.9 Å². The summed E-state index contributed by atoms with van der Waals surface area (Å²) in [5.41, 5.74) is 1.66. The number of fused-ring (bicyclic) bond motifs is 1. The van der Waals surface area contributed by atoms with E-state index in [1.165, 1.54) is 23.1 Å². The Morgan fingerprint density at radius 1 is 1.08 bits per heavy atom. The lowest BCUT2D eigenvalue weighted by Gasteiger charge is -2.13. The van der Waals surface area contributed by atoms with E-state index in [4.69, 9.17) is 0 Å². The maximum absolute atomic E-state index is 12.6. The number of nitrogens with one attached hydrogen (secondary N) is 1. The van der Waals surface area contributed by atoms with E-state index in [-0.39, 0.29) is 30.1 Å². The highest BCUT2D eigenvalue weighted by molar-refractivity contribution is 6.22. The first-order valence-corrected chi connectivity index (χ1v) is 7.98. The van der Waals surface area contributed by atoms with Gasteiger partial charge < -0.3 is 10.4 Å². The van der Waals surface area contributed by atoms with Gasteiger partial charge in [0.15, 0.2) is 0 Å². The normalized spacial score (nSPS) is 14.4. The number of hydrogen-bond acceptors (Lipinski definition) is 4. The van der Waals surface area contributed by atoms with Gasteiger partial charge in [-0.15, -0.1) is 0 Å². The molecule has 1 aliphatic heterocycles. The summed E-state index contributed by atoms with van der Waals surface area (Å²) in [5.74, 6) is -1.17. The molecule has 0 spiro atoms. The number of nitrogens with zero attached hydrogens (tertiary/aromatic N) is 1. The highest BCUT2D eigenvalue weighted by atomic mass is 16.3. The van der Waals surface area contributed by atoms with Crippen molar-refractivity contribution >= 4 is 17.7 Å². The van der Waals surface area contributed by atoms with E-state index >= 15 is 0 Å². The Balaban J connectivity index is 1.82. The molecular formula is C19H18N2O4. The van der Waals surface area contributed by atoms with Crippen LogP contribution < -0.4 is 5.32 Å². The second-order valence-corrected chi connectivity index (χ2v) is 6.00. The van der Waals surface area contributed by atoms with Crippen LogP contribution in [0.25, 0.3) is 0 Å². The maximum atomic E-state index is 12.6. The van der Waals surface area contributed by atoms with E-state index in [1.54, 1.807) is 6.92 Å². The summed E-state index contributed by atoms with van der Waals surface area (Å²) in [7, 11) is 0. The number of hydrogen-bond donors (Lipinski definition) is 2. The Labute approximate surface area is 145 Å². The van der Waals surface area contributed by atoms with Crippen molar-refractivity contribution in [3.05, 3.63) is 70.8 Å². The Bertz CT molecular complexity index is 831. The number of carbonyl (C=O) groups excluding carboxylic acids is 3. The summed E-state index contributed by atoms with van der Waals surface area (Å²) >= 11 is 0. The van der Waals surface area contributed by atoms with Gasteiger partial charge in [0.25, 0.3) is 17.7 Å². The van der Waals surface area contributed by atoms with Crippen LogP contribution in [0.1, 0.15) is 43.6 Å². The first kappa shape index (κ1) is 16.9. The Hall–Kier alpha value is -2.99. The van der Waals surface area contributed by atoms with Crippen molar-refractivity contribution in [1.82, 2.24) is 10.2 Å². The second-order valence-electron chi connectivity index (χ2n) is 6.00. The first-order valence-electron chi connectivity index (χ1n) is 7.98. The van der Waals surface area contributed by atoms with Gasteiger partial charge in [-0.05, 0) is 30.7 Å². The minimum absolute atomic E-state index is 0.114. The van der Waals surface area contributed by atoms with Crippen LogP contribution in [0.5, 0.6) is 0 Å². The first-order chi connectivity index (χ1) is 12.0. The van der Waals surface area contributed by atoms with E-state index in [2.05, 4.69) is 5.32 Å². The summed E-state index contributed by atoms with van der Waals surface area (Å²) < 4.78 is 0. The predicted molar refractivity (Wildman–Crippen MR) is 91.1 cm³/mol. The maximum Gasteiger partial charge on any atom is 0.261 e. The van der Waals surface area contributed by atoms with Gasteiger partial charge in [0, 0.05) is 12.1 Å². The molecule has 6 heteroatoms. The second kappa shape index (κ2) is 6.86. The third kappa shape index (κ3) is 3.44. The predicted octanol–water partition coefficient (Wildman–Crippen LogP) is 1.59. The molecular weight excluding hydrogens is 320 g/mol. The van der Waals surface area contributed by atoms with Crippen LogP contribution in [0.15, 0.2) is 48.5 Å². The number of amides is 3. The molecule has 0 aromatic heterocycles. The molecule has 0 saturated carbocycles. The Morgan fingerprint density at radius 3 is 2.44 bits per heavy atom. The fourth-order valence-electron chi connectivity index (χ4n) is 2.68. The average Bonchev–Trinajstić information content (AvgIpc) is 2.85. The third-order valence-electron chi connectivity index (χ3n) is 3.97. The van der Waals surface area contributed by atoms with Crippen molar-refractivity contribution in [2.75, 3.05) is 6.54 Å². The van der Waals surface area contributed by atoms with Crippen LogP contribution in [0.2, 0.25) is 0 Å². The molecule has 1 unspecified atom stereocenters. The van der Waals surface area contributed by atoms with Crippen LogP contribution in [0.4, 0.5) is 0 Å². The fourth-order valence-corrected chi connectivity index (χ4v) is 2.68. The van der Waals surface area contributed by atoms with Crippen molar-refractivity contribution < 1.29 is 19.5 Å². The molecule has 1 atom stereocenters. The summed E-state index contributed by atoms with van der Waals surface area (Å²) in [6.45, 7) is 1.87. The van der Waals surface area contributed by atoms with Crippen LogP contribution in [-0.4, -0.2) is 40.4 Å². The van der Waals surface area contributed by atoms with Gasteiger partial charge in [-0.25, -0.2) is 0 Å². The van der Waals surface area contributed by atoms with Gasteiger partial charge >= 0.3 is 0 Å². The minimum atomic E-state index is -0.664. The smallest absolute Gasteiger partial charge is 0.261 e. The number of benzene rings is 2. The molecule has 1 aliphatic rings. The van der Waals surface area contributed by atoms with E-state index in [1.807, 2.05) is 30.3 Å². The van der Waals surface area contributed by atoms with Gasteiger partial charge in [-0.1, -0.05) is 30.3 Å². The zero-order valence-corrected chi connectivity index (χ0v) is 13.7. The van der Waals surface area contributed by atoms with Crippen LogP contribution >= 0.6 is 0 Å². The largest absolute Gasteiger partial charge is 0.392 e. The molecule has 6 nitrogen and oxygen atoms in total. The molecule has 0 fully saturated rings. The zero-order chi connectivity index (χ0) is 18.0. The van der Waals surface area contributed by atoms with Crippen LogP contribution in [-0.2, 0) is 6.54 Å². The van der Waals surface area contributed by atoms with Gasteiger partial charge in [-0.2, -0.15) is 0 Å². The quantitative estimate of drug-likeness (QED) is 0.811.